The van der Waals surface area contributed by atoms with Crippen LogP contribution < -0.4 is 5.43 Å². The highest BCUT2D eigenvalue weighted by atomic mass is 16.1. The molecule has 0 aromatic heterocycles. The molecule has 0 bridgehead atoms. The highest BCUT2D eigenvalue weighted by Gasteiger charge is 2.04. The predicted octanol–water partition coefficient (Wildman–Crippen LogP) is 2.59. The molecule has 0 aliphatic heterocycles. The highest BCUT2D eigenvalue weighted by Crippen LogP contribution is 2.11. The fourth-order valence-electron chi connectivity index (χ4n) is 1.47. The molecule has 0 aliphatic carbocycles. The lowest BCUT2D eigenvalue weighted by atomic mass is 10.1. The molecule has 0 fully saturated rings. The maximum Gasteiger partial charge on any atom is 0.184 e. The molecule has 1 heteroatoms. The van der Waals surface area contributed by atoms with Gasteiger partial charge in [0.15, 0.2) is 5.43 Å². The third-order valence-electron chi connectivity index (χ3n) is 2.86. The monoisotopic (exact) mass is 176 g/mol. The van der Waals surface area contributed by atoms with E-state index in [2.05, 4.69) is 6.07 Å². The predicted molar refractivity (Wildman–Crippen MR) is 56.4 cm³/mol. The van der Waals surface area contributed by atoms with E-state index in [1.807, 2.05) is 34.6 Å². The molecule has 0 amide bonds. The van der Waals surface area contributed by atoms with Crippen LogP contribution in [-0.2, 0) is 0 Å². The minimum absolute atomic E-state index is 0.183. The van der Waals surface area contributed by atoms with Crippen molar-refractivity contribution in [3.8, 4) is 0 Å². The molecule has 13 heavy (non-hydrogen) atoms. The Bertz CT molecular complexity index is 403. The van der Waals surface area contributed by atoms with E-state index in [0.717, 1.165) is 22.3 Å². The van der Waals surface area contributed by atoms with Crippen LogP contribution in [0.4, 0.5) is 0 Å². The van der Waals surface area contributed by atoms with Crippen molar-refractivity contribution in [3.05, 3.63) is 44.1 Å². The summed E-state index contributed by atoms with van der Waals surface area (Å²) in [5.74, 6) is 0. The van der Waals surface area contributed by atoms with Gasteiger partial charge in [0.2, 0.25) is 0 Å². The van der Waals surface area contributed by atoms with Gasteiger partial charge in [0.05, 0.1) is 0 Å². The highest BCUT2D eigenvalue weighted by molar-refractivity contribution is 5.37. The van der Waals surface area contributed by atoms with Crippen molar-refractivity contribution in [1.29, 1.82) is 0 Å². The standard InChI is InChI=1S/C12H16O/c1-7-6-8(2)10(4)12(13)11(5)9(7)3/h6H,1-5H3. The van der Waals surface area contributed by atoms with Crippen LogP contribution in [0.15, 0.2) is 10.9 Å². The van der Waals surface area contributed by atoms with Crippen LogP contribution in [0.25, 0.3) is 0 Å². The molecule has 1 aromatic carbocycles. The first-order chi connectivity index (χ1) is 5.95. The van der Waals surface area contributed by atoms with Gasteiger partial charge < -0.3 is 0 Å². The van der Waals surface area contributed by atoms with Crippen molar-refractivity contribution in [1.82, 2.24) is 0 Å². The van der Waals surface area contributed by atoms with E-state index in [1.54, 1.807) is 0 Å². The normalized spacial score (nSPS) is 10.2. The summed E-state index contributed by atoms with van der Waals surface area (Å²) >= 11 is 0. The summed E-state index contributed by atoms with van der Waals surface area (Å²) in [5.41, 5.74) is 5.32. The van der Waals surface area contributed by atoms with Crippen LogP contribution in [-0.4, -0.2) is 0 Å². The quantitative estimate of drug-likeness (QED) is 0.594. The molecule has 0 radical (unpaired) electrons. The average Bonchev–Trinajstić information content (AvgIpc) is 2.15. The zero-order valence-corrected chi connectivity index (χ0v) is 8.99. The van der Waals surface area contributed by atoms with E-state index in [9.17, 15) is 4.79 Å². The zero-order chi connectivity index (χ0) is 10.2. The second-order valence-electron chi connectivity index (χ2n) is 3.71. The fourth-order valence-corrected chi connectivity index (χ4v) is 1.47. The summed E-state index contributed by atoms with van der Waals surface area (Å²) in [5, 5.41) is 0. The van der Waals surface area contributed by atoms with Gasteiger partial charge in [0.1, 0.15) is 0 Å². The molecule has 1 nitrogen and oxygen atoms in total. The van der Waals surface area contributed by atoms with Gasteiger partial charge in [-0.3, -0.25) is 4.79 Å². The fraction of sp³-hybridized carbons (Fsp3) is 0.417. The molecule has 0 spiro atoms. The molecule has 0 saturated heterocycles. The summed E-state index contributed by atoms with van der Waals surface area (Å²) in [6.07, 6.45) is 0. The van der Waals surface area contributed by atoms with Crippen molar-refractivity contribution >= 4 is 0 Å². The maximum atomic E-state index is 11.8. The first kappa shape index (κ1) is 9.97. The number of rotatable bonds is 0. The first-order valence-electron chi connectivity index (χ1n) is 4.53. The molecule has 1 rings (SSSR count). The van der Waals surface area contributed by atoms with Crippen LogP contribution >= 0.6 is 0 Å². The Labute approximate surface area is 79.4 Å². The smallest absolute Gasteiger partial charge is 0.184 e. The minimum Gasteiger partial charge on any atom is -0.289 e. The molecular formula is C12H16O. The maximum absolute atomic E-state index is 11.8. The van der Waals surface area contributed by atoms with Gasteiger partial charge in [0.25, 0.3) is 0 Å². The van der Waals surface area contributed by atoms with E-state index >= 15 is 0 Å². The topological polar surface area (TPSA) is 17.1 Å². The van der Waals surface area contributed by atoms with Crippen molar-refractivity contribution < 1.29 is 0 Å². The summed E-state index contributed by atoms with van der Waals surface area (Å²) < 4.78 is 0. The lowest BCUT2D eigenvalue weighted by molar-refractivity contribution is 1.26. The van der Waals surface area contributed by atoms with Crippen molar-refractivity contribution in [2.75, 3.05) is 0 Å². The lowest BCUT2D eigenvalue weighted by Crippen LogP contribution is -2.07. The Balaban J connectivity index is 3.82. The van der Waals surface area contributed by atoms with Crippen molar-refractivity contribution in [2.45, 2.75) is 34.6 Å². The molecule has 70 valence electrons. The van der Waals surface area contributed by atoms with Crippen LogP contribution in [0, 0.1) is 34.6 Å². The van der Waals surface area contributed by atoms with Gasteiger partial charge in [-0.25, -0.2) is 0 Å². The van der Waals surface area contributed by atoms with E-state index in [4.69, 9.17) is 0 Å². The molecule has 0 N–H and O–H groups in total. The average molecular weight is 176 g/mol. The van der Waals surface area contributed by atoms with Crippen LogP contribution in [0.3, 0.4) is 0 Å². The Hall–Kier alpha value is -1.11. The van der Waals surface area contributed by atoms with Crippen LogP contribution in [0.5, 0.6) is 0 Å². The number of hydrogen-bond acceptors (Lipinski definition) is 1. The summed E-state index contributed by atoms with van der Waals surface area (Å²) in [7, 11) is 0. The third-order valence-corrected chi connectivity index (χ3v) is 2.86. The largest absolute Gasteiger partial charge is 0.289 e. The van der Waals surface area contributed by atoms with Gasteiger partial charge in [-0.1, -0.05) is 6.07 Å². The van der Waals surface area contributed by atoms with E-state index in [0.29, 0.717) is 0 Å². The summed E-state index contributed by atoms with van der Waals surface area (Å²) in [6, 6.07) is 2.08. The zero-order valence-electron chi connectivity index (χ0n) is 8.99. The molecular weight excluding hydrogens is 160 g/mol. The van der Waals surface area contributed by atoms with E-state index in [1.165, 1.54) is 5.56 Å². The van der Waals surface area contributed by atoms with Gasteiger partial charge in [0, 0.05) is 0 Å². The third kappa shape index (κ3) is 1.64. The van der Waals surface area contributed by atoms with E-state index < -0.39 is 0 Å². The Morgan fingerprint density at radius 3 is 1.77 bits per heavy atom. The molecule has 1 aromatic rings. The second-order valence-corrected chi connectivity index (χ2v) is 3.71. The van der Waals surface area contributed by atoms with Gasteiger partial charge in [-0.05, 0) is 62.4 Å². The molecule has 0 saturated carbocycles. The lowest BCUT2D eigenvalue weighted by Gasteiger charge is -1.94. The Morgan fingerprint density at radius 1 is 0.769 bits per heavy atom. The molecule has 0 heterocycles. The molecule has 0 unspecified atom stereocenters. The SMILES string of the molecule is Cc1cc(C)c(C)c(=O)c(C)c1C. The number of aryl methyl sites for hydroxylation is 2. The Kier molecular flexibility index (Phi) is 2.55. The molecule has 0 aliphatic rings. The van der Waals surface area contributed by atoms with E-state index in [-0.39, 0.29) is 5.43 Å². The van der Waals surface area contributed by atoms with Crippen LogP contribution in [0.2, 0.25) is 0 Å². The minimum atomic E-state index is 0.183. The van der Waals surface area contributed by atoms with Gasteiger partial charge in [-0.2, -0.15) is 0 Å². The molecule has 0 atom stereocenters. The van der Waals surface area contributed by atoms with Crippen molar-refractivity contribution in [2.24, 2.45) is 0 Å². The number of hydrogen-bond donors (Lipinski definition) is 0. The second kappa shape index (κ2) is 3.33. The van der Waals surface area contributed by atoms with Crippen LogP contribution in [0.1, 0.15) is 27.8 Å². The van der Waals surface area contributed by atoms with Crippen molar-refractivity contribution in [3.63, 3.8) is 0 Å². The summed E-state index contributed by atoms with van der Waals surface area (Å²) in [4.78, 5) is 11.8. The first-order valence-corrected chi connectivity index (χ1v) is 4.53. The Morgan fingerprint density at radius 2 is 1.23 bits per heavy atom. The van der Waals surface area contributed by atoms with Gasteiger partial charge >= 0.3 is 0 Å². The van der Waals surface area contributed by atoms with Gasteiger partial charge in [-0.15, -0.1) is 0 Å². The summed E-state index contributed by atoms with van der Waals surface area (Å²) in [6.45, 7) is 9.84.